The third-order valence-electron chi connectivity index (χ3n) is 13.1. The van der Waals surface area contributed by atoms with Crippen molar-refractivity contribution >= 4 is 17.5 Å². The number of para-hydroxylation sites is 1. The van der Waals surface area contributed by atoms with E-state index in [0.717, 1.165) is 22.4 Å². The largest absolute Gasteiger partial charge is 0.379 e. The van der Waals surface area contributed by atoms with Crippen molar-refractivity contribution in [3.05, 3.63) is 65.2 Å². The molecule has 2 aromatic rings. The maximum Gasteiger partial charge on any atom is 0.229 e. The van der Waals surface area contributed by atoms with E-state index >= 15 is 0 Å². The molecule has 0 saturated heterocycles. The number of nitrogens with zero attached hydrogens (tertiary/aromatic N) is 1. The number of amides is 2. The Morgan fingerprint density at radius 2 is 0.520 bits per heavy atom. The standard InChI is InChI=1S/C69H117N3O26/c70-13-16-76-18-20-78-22-24-80-26-28-82-30-32-84-34-36-86-38-40-88-42-44-90-46-48-92-50-52-94-54-56-96-58-60-98-62-61-97-59-57-95-55-53-93-51-49-91-47-45-89-43-41-87-39-37-85-35-33-83-31-29-81-27-25-79-23-21-77-19-17-75-15-12-68(73)71-14-11-69(74)72-63-66-7-2-1-5-64(66)9-10-65-6-3-4-8-67(65)72/h1-8H,11-63,70H2,(H,71,73). The topological polar surface area (TPSA) is 297 Å². The lowest BCUT2D eigenvalue weighted by molar-refractivity contribution is -0.122. The summed E-state index contributed by atoms with van der Waals surface area (Å²) in [5.74, 6) is 6.16. The normalized spacial score (nSPS) is 12.0. The Bertz CT molecular complexity index is 2140. The molecule has 2 amide bonds. The first kappa shape index (κ1) is 88.2. The van der Waals surface area contributed by atoms with Crippen LogP contribution in [0.3, 0.4) is 0 Å². The Kier molecular flexibility index (Phi) is 64.2. The molecule has 0 bridgehead atoms. The first-order valence-corrected chi connectivity index (χ1v) is 34.5. The second kappa shape index (κ2) is 71.3. The fourth-order valence-corrected chi connectivity index (χ4v) is 8.15. The summed E-state index contributed by atoms with van der Waals surface area (Å²) in [6.07, 6.45) is 0.352. The molecule has 3 rings (SSSR count). The monoisotopic (exact) mass is 1400 g/mol. The highest BCUT2D eigenvalue weighted by molar-refractivity contribution is 5.95. The molecule has 98 heavy (non-hydrogen) atoms. The summed E-state index contributed by atoms with van der Waals surface area (Å²) in [5.41, 5.74) is 8.79. The van der Waals surface area contributed by atoms with E-state index in [4.69, 9.17) is 119 Å². The van der Waals surface area contributed by atoms with E-state index in [-0.39, 0.29) is 37.8 Å². The molecular weight excluding hydrogens is 1290 g/mol. The number of hydrogen-bond acceptors (Lipinski definition) is 27. The molecule has 0 radical (unpaired) electrons. The van der Waals surface area contributed by atoms with Gasteiger partial charge in [-0.25, -0.2) is 0 Å². The van der Waals surface area contributed by atoms with E-state index < -0.39 is 0 Å². The Balaban J connectivity index is 0.866. The molecule has 564 valence electrons. The van der Waals surface area contributed by atoms with Gasteiger partial charge < -0.3 is 130 Å². The lowest BCUT2D eigenvalue weighted by Gasteiger charge is -2.26. The van der Waals surface area contributed by atoms with Gasteiger partial charge in [0.2, 0.25) is 11.8 Å². The van der Waals surface area contributed by atoms with Crippen LogP contribution < -0.4 is 16.0 Å². The average Bonchev–Trinajstić information content (AvgIpc) is 0.818. The smallest absolute Gasteiger partial charge is 0.229 e. The van der Waals surface area contributed by atoms with E-state index in [1.807, 2.05) is 48.5 Å². The van der Waals surface area contributed by atoms with E-state index in [1.165, 1.54) is 0 Å². The van der Waals surface area contributed by atoms with Gasteiger partial charge in [0, 0.05) is 37.1 Å². The zero-order valence-electron chi connectivity index (χ0n) is 58.2. The second-order valence-corrected chi connectivity index (χ2v) is 20.7. The van der Waals surface area contributed by atoms with E-state index in [9.17, 15) is 9.59 Å². The van der Waals surface area contributed by atoms with Crippen LogP contribution in [-0.4, -0.2) is 342 Å². The molecule has 0 aliphatic carbocycles. The summed E-state index contributed by atoms with van der Waals surface area (Å²) in [5, 5.41) is 2.83. The SMILES string of the molecule is NCCOCCOCCOCCOCCOCCOCCOCCOCCOCCOCCOCCOCCOCCOCCOCCOCCOCCOCCOCCOCCOCCOCCOCCOCCC(=O)NCCC(=O)N1Cc2ccccc2C#Cc2ccccc21. The van der Waals surface area contributed by atoms with Crippen LogP contribution in [0.5, 0.6) is 0 Å². The fraction of sp³-hybridized carbons (Fsp3) is 0.768. The third-order valence-corrected chi connectivity index (χ3v) is 13.1. The van der Waals surface area contributed by atoms with Crippen LogP contribution in [0.1, 0.15) is 29.5 Å². The summed E-state index contributed by atoms with van der Waals surface area (Å²) in [6, 6.07) is 15.4. The second-order valence-electron chi connectivity index (χ2n) is 20.7. The van der Waals surface area contributed by atoms with E-state index in [1.54, 1.807) is 4.90 Å². The molecule has 2 aromatic carbocycles. The number of carbonyl (C=O) groups excluding carboxylic acids is 2. The number of benzene rings is 2. The molecule has 29 nitrogen and oxygen atoms in total. The van der Waals surface area contributed by atoms with Crippen LogP contribution >= 0.6 is 0 Å². The fourth-order valence-electron chi connectivity index (χ4n) is 8.15. The van der Waals surface area contributed by atoms with Crippen LogP contribution in [-0.2, 0) is 130 Å². The van der Waals surface area contributed by atoms with Crippen LogP contribution in [0.25, 0.3) is 0 Å². The number of nitrogens with two attached hydrogens (primary N) is 1. The molecule has 0 spiro atoms. The van der Waals surface area contributed by atoms with Crippen LogP contribution in [0, 0.1) is 11.8 Å². The molecule has 0 saturated carbocycles. The van der Waals surface area contributed by atoms with Gasteiger partial charge in [-0.1, -0.05) is 42.2 Å². The number of nitrogens with one attached hydrogen (secondary N) is 1. The summed E-state index contributed by atoms with van der Waals surface area (Å²) < 4.78 is 132. The number of fused-ring (bicyclic) bond motifs is 2. The molecule has 1 heterocycles. The Morgan fingerprint density at radius 3 is 0.796 bits per heavy atom. The number of rotatable bonds is 77. The van der Waals surface area contributed by atoms with Crippen molar-refractivity contribution in [3.8, 4) is 11.8 Å². The summed E-state index contributed by atoms with van der Waals surface area (Å²) in [7, 11) is 0. The van der Waals surface area contributed by atoms with Crippen molar-refractivity contribution in [2.45, 2.75) is 19.4 Å². The average molecular weight is 1400 g/mol. The number of anilines is 1. The number of hydrogen-bond donors (Lipinski definition) is 2. The van der Waals surface area contributed by atoms with Gasteiger partial charge in [-0.05, 0) is 23.8 Å². The molecule has 1 aliphatic rings. The highest BCUT2D eigenvalue weighted by Gasteiger charge is 2.21. The van der Waals surface area contributed by atoms with Crippen LogP contribution in [0.4, 0.5) is 5.69 Å². The first-order valence-electron chi connectivity index (χ1n) is 34.5. The Labute approximate surface area is 581 Å². The van der Waals surface area contributed by atoms with Gasteiger partial charge in [0.05, 0.1) is 329 Å². The zero-order valence-corrected chi connectivity index (χ0v) is 58.2. The summed E-state index contributed by atoms with van der Waals surface area (Å²) in [6.45, 7) is 23.8. The lowest BCUT2D eigenvalue weighted by Crippen LogP contribution is -2.35. The zero-order chi connectivity index (χ0) is 69.3. The van der Waals surface area contributed by atoms with Crippen molar-refractivity contribution in [2.24, 2.45) is 5.73 Å². The van der Waals surface area contributed by atoms with Crippen molar-refractivity contribution in [3.63, 3.8) is 0 Å². The van der Waals surface area contributed by atoms with E-state index in [2.05, 4.69) is 17.2 Å². The maximum atomic E-state index is 13.3. The van der Waals surface area contributed by atoms with Gasteiger partial charge in [-0.2, -0.15) is 0 Å². The van der Waals surface area contributed by atoms with Gasteiger partial charge >= 0.3 is 0 Å². The minimum absolute atomic E-state index is 0.0880. The van der Waals surface area contributed by atoms with Crippen molar-refractivity contribution in [1.82, 2.24) is 5.32 Å². The number of carbonyl (C=O) groups is 2. The Hall–Kier alpha value is -4.06. The summed E-state index contributed by atoms with van der Waals surface area (Å²) in [4.78, 5) is 27.5. The quantitative estimate of drug-likeness (QED) is 0.0709. The van der Waals surface area contributed by atoms with Crippen LogP contribution in [0.2, 0.25) is 0 Å². The highest BCUT2D eigenvalue weighted by atomic mass is 16.6. The van der Waals surface area contributed by atoms with Crippen molar-refractivity contribution in [1.29, 1.82) is 0 Å². The molecule has 0 fully saturated rings. The van der Waals surface area contributed by atoms with Gasteiger partial charge in [-0.15, -0.1) is 0 Å². The number of ether oxygens (including phenoxy) is 24. The maximum absolute atomic E-state index is 13.3. The van der Waals surface area contributed by atoms with Crippen molar-refractivity contribution in [2.75, 3.05) is 335 Å². The first-order chi connectivity index (χ1) is 48.7. The predicted molar refractivity (Wildman–Crippen MR) is 361 cm³/mol. The summed E-state index contributed by atoms with van der Waals surface area (Å²) >= 11 is 0. The molecule has 0 atom stereocenters. The molecule has 29 heteroatoms. The van der Waals surface area contributed by atoms with Gasteiger partial charge in [0.25, 0.3) is 0 Å². The molecular formula is C69H117N3O26. The molecule has 1 aliphatic heterocycles. The van der Waals surface area contributed by atoms with E-state index in [0.29, 0.717) is 324 Å². The van der Waals surface area contributed by atoms with Gasteiger partial charge in [0.1, 0.15) is 0 Å². The third kappa shape index (κ3) is 56.6. The minimum atomic E-state index is -0.179. The highest BCUT2D eigenvalue weighted by Crippen LogP contribution is 2.26. The molecule has 3 N–H and O–H groups in total. The Morgan fingerprint density at radius 1 is 0.296 bits per heavy atom. The molecule has 0 aromatic heterocycles. The minimum Gasteiger partial charge on any atom is -0.379 e. The lowest BCUT2D eigenvalue weighted by atomic mass is 10.0. The van der Waals surface area contributed by atoms with Crippen LogP contribution in [0.15, 0.2) is 48.5 Å². The van der Waals surface area contributed by atoms with Crippen molar-refractivity contribution < 1.29 is 123 Å². The van der Waals surface area contributed by atoms with Gasteiger partial charge in [-0.3, -0.25) is 9.59 Å². The van der Waals surface area contributed by atoms with Gasteiger partial charge in [0.15, 0.2) is 0 Å². The predicted octanol–water partition coefficient (Wildman–Crippen LogP) is 2.19. The molecule has 0 unspecified atom stereocenters.